The van der Waals surface area contributed by atoms with Gasteiger partial charge in [-0.1, -0.05) is 58.6 Å². The lowest BCUT2D eigenvalue weighted by Crippen LogP contribution is -2.21. The molecular formula is C14H29N. The van der Waals surface area contributed by atoms with Gasteiger partial charge in [0.2, 0.25) is 0 Å². The van der Waals surface area contributed by atoms with E-state index in [1.807, 2.05) is 0 Å². The van der Waals surface area contributed by atoms with E-state index in [-0.39, 0.29) is 6.04 Å². The number of hydrogen-bond donors (Lipinski definition) is 1. The lowest BCUT2D eigenvalue weighted by Gasteiger charge is -2.18. The number of nitrogens with two attached hydrogens (primary N) is 1. The zero-order valence-corrected chi connectivity index (χ0v) is 10.9. The van der Waals surface area contributed by atoms with Crippen LogP contribution in [0.4, 0.5) is 0 Å². The van der Waals surface area contributed by atoms with Crippen molar-refractivity contribution in [1.82, 2.24) is 0 Å². The molecule has 0 heterocycles. The van der Waals surface area contributed by atoms with E-state index in [2.05, 4.69) is 27.4 Å². The Morgan fingerprint density at radius 2 is 1.60 bits per heavy atom. The third kappa shape index (κ3) is 6.72. The molecule has 0 aliphatic heterocycles. The molecule has 0 aromatic rings. The summed E-state index contributed by atoms with van der Waals surface area (Å²) in [6.07, 6.45) is 8.76. The first-order valence-electron chi connectivity index (χ1n) is 6.58. The second-order valence-electron chi connectivity index (χ2n) is 4.66. The molecule has 15 heavy (non-hydrogen) atoms. The van der Waals surface area contributed by atoms with Crippen LogP contribution in [0.2, 0.25) is 0 Å². The van der Waals surface area contributed by atoms with Crippen molar-refractivity contribution < 1.29 is 0 Å². The summed E-state index contributed by atoms with van der Waals surface area (Å²) in [5, 5.41) is 0. The Morgan fingerprint density at radius 3 is 2.00 bits per heavy atom. The molecule has 2 N–H and O–H groups in total. The zero-order chi connectivity index (χ0) is 11.7. The van der Waals surface area contributed by atoms with Gasteiger partial charge in [-0.2, -0.15) is 0 Å². The Kier molecular flexibility index (Phi) is 8.79. The van der Waals surface area contributed by atoms with Gasteiger partial charge in [0.25, 0.3) is 0 Å². The largest absolute Gasteiger partial charge is 0.324 e. The van der Waals surface area contributed by atoms with Gasteiger partial charge in [-0.25, -0.2) is 0 Å². The predicted octanol–water partition coefficient (Wildman–Crippen LogP) is 4.28. The molecule has 0 amide bonds. The lowest BCUT2D eigenvalue weighted by molar-refractivity contribution is 0.407. The minimum absolute atomic E-state index is 0.217. The van der Waals surface area contributed by atoms with Crippen LogP contribution >= 0.6 is 0 Å². The first-order valence-corrected chi connectivity index (χ1v) is 6.58. The van der Waals surface area contributed by atoms with Crippen molar-refractivity contribution in [2.75, 3.05) is 0 Å². The fourth-order valence-electron chi connectivity index (χ4n) is 2.11. The third-order valence-corrected chi connectivity index (χ3v) is 3.23. The molecule has 0 bridgehead atoms. The van der Waals surface area contributed by atoms with Crippen LogP contribution in [0.5, 0.6) is 0 Å². The maximum Gasteiger partial charge on any atom is 0.0248 e. The molecule has 0 radical (unpaired) electrons. The molecule has 1 heteroatoms. The maximum absolute atomic E-state index is 5.95. The summed E-state index contributed by atoms with van der Waals surface area (Å²) in [7, 11) is 0. The van der Waals surface area contributed by atoms with E-state index in [0.717, 1.165) is 18.8 Å². The molecule has 0 saturated carbocycles. The predicted molar refractivity (Wildman–Crippen MR) is 69.9 cm³/mol. The molecule has 0 aliphatic rings. The van der Waals surface area contributed by atoms with Gasteiger partial charge in [-0.05, 0) is 25.2 Å². The van der Waals surface area contributed by atoms with E-state index < -0.39 is 0 Å². The van der Waals surface area contributed by atoms with Crippen LogP contribution in [0.3, 0.4) is 0 Å². The van der Waals surface area contributed by atoms with E-state index in [4.69, 9.17) is 5.73 Å². The van der Waals surface area contributed by atoms with Gasteiger partial charge in [0.05, 0.1) is 0 Å². The van der Waals surface area contributed by atoms with E-state index in [0.29, 0.717) is 0 Å². The number of rotatable bonds is 9. The third-order valence-electron chi connectivity index (χ3n) is 3.23. The fourth-order valence-corrected chi connectivity index (χ4v) is 2.11. The maximum atomic E-state index is 5.95. The summed E-state index contributed by atoms with van der Waals surface area (Å²) in [5.74, 6) is 0.890. The summed E-state index contributed by atoms with van der Waals surface area (Å²) in [6, 6.07) is 0.217. The quantitative estimate of drug-likeness (QED) is 0.566. The van der Waals surface area contributed by atoms with Gasteiger partial charge in [0, 0.05) is 6.04 Å². The van der Waals surface area contributed by atoms with Crippen LogP contribution in [-0.4, -0.2) is 6.04 Å². The standard InChI is InChI=1S/C14H29N/c1-5-8-13(9-6-2)11-10-12(4)14(15)7-3/h13-14H,4-11,15H2,1-3H3. The molecule has 0 fully saturated rings. The first kappa shape index (κ1) is 14.7. The molecule has 0 spiro atoms. The van der Waals surface area contributed by atoms with Crippen LogP contribution < -0.4 is 5.73 Å². The van der Waals surface area contributed by atoms with Gasteiger partial charge in [0.15, 0.2) is 0 Å². The van der Waals surface area contributed by atoms with Gasteiger partial charge < -0.3 is 5.73 Å². The monoisotopic (exact) mass is 211 g/mol. The summed E-state index contributed by atoms with van der Waals surface area (Å²) >= 11 is 0. The van der Waals surface area contributed by atoms with E-state index in [1.165, 1.54) is 37.7 Å². The molecule has 0 aromatic heterocycles. The minimum atomic E-state index is 0.217. The summed E-state index contributed by atoms with van der Waals surface area (Å²) in [6.45, 7) is 10.8. The average molecular weight is 211 g/mol. The lowest BCUT2D eigenvalue weighted by atomic mass is 9.90. The average Bonchev–Trinajstić information content (AvgIpc) is 2.25. The van der Waals surface area contributed by atoms with Crippen LogP contribution in [0.1, 0.15) is 65.7 Å². The second kappa shape index (κ2) is 8.96. The molecule has 0 aromatic carbocycles. The highest BCUT2D eigenvalue weighted by Gasteiger charge is 2.10. The topological polar surface area (TPSA) is 26.0 Å². The smallest absolute Gasteiger partial charge is 0.0248 e. The first-order chi connectivity index (χ1) is 7.15. The SMILES string of the molecule is C=C(CCC(CCC)CCC)C(N)CC. The highest BCUT2D eigenvalue weighted by Crippen LogP contribution is 2.22. The van der Waals surface area contributed by atoms with Gasteiger partial charge in [0.1, 0.15) is 0 Å². The van der Waals surface area contributed by atoms with Crippen molar-refractivity contribution >= 4 is 0 Å². The van der Waals surface area contributed by atoms with E-state index in [1.54, 1.807) is 0 Å². The van der Waals surface area contributed by atoms with Crippen molar-refractivity contribution in [3.05, 3.63) is 12.2 Å². The van der Waals surface area contributed by atoms with Crippen LogP contribution in [-0.2, 0) is 0 Å². The Bertz CT molecular complexity index is 157. The molecular weight excluding hydrogens is 182 g/mol. The molecule has 1 unspecified atom stereocenters. The Hall–Kier alpha value is -0.300. The molecule has 0 aliphatic carbocycles. The van der Waals surface area contributed by atoms with Crippen molar-refractivity contribution in [3.8, 4) is 0 Å². The highest BCUT2D eigenvalue weighted by atomic mass is 14.6. The number of hydrogen-bond acceptors (Lipinski definition) is 1. The zero-order valence-electron chi connectivity index (χ0n) is 10.9. The molecule has 0 saturated heterocycles. The minimum Gasteiger partial charge on any atom is -0.324 e. The normalized spacial score (nSPS) is 13.1. The van der Waals surface area contributed by atoms with E-state index >= 15 is 0 Å². The Balaban J connectivity index is 3.82. The van der Waals surface area contributed by atoms with Crippen LogP contribution in [0.15, 0.2) is 12.2 Å². The van der Waals surface area contributed by atoms with Crippen molar-refractivity contribution in [3.63, 3.8) is 0 Å². The molecule has 1 atom stereocenters. The molecule has 0 rings (SSSR count). The highest BCUT2D eigenvalue weighted by molar-refractivity contribution is 5.03. The van der Waals surface area contributed by atoms with Gasteiger partial charge in [-0.3, -0.25) is 0 Å². The van der Waals surface area contributed by atoms with Crippen molar-refractivity contribution in [1.29, 1.82) is 0 Å². The Morgan fingerprint density at radius 1 is 1.07 bits per heavy atom. The summed E-state index contributed by atoms with van der Waals surface area (Å²) < 4.78 is 0. The second-order valence-corrected chi connectivity index (χ2v) is 4.66. The summed E-state index contributed by atoms with van der Waals surface area (Å²) in [4.78, 5) is 0. The van der Waals surface area contributed by atoms with Crippen LogP contribution in [0.25, 0.3) is 0 Å². The van der Waals surface area contributed by atoms with Gasteiger partial charge in [-0.15, -0.1) is 0 Å². The summed E-state index contributed by atoms with van der Waals surface area (Å²) in [5.41, 5.74) is 7.20. The fraction of sp³-hybridized carbons (Fsp3) is 0.857. The molecule has 1 nitrogen and oxygen atoms in total. The van der Waals surface area contributed by atoms with Crippen molar-refractivity contribution in [2.45, 2.75) is 71.8 Å². The van der Waals surface area contributed by atoms with Crippen LogP contribution in [0, 0.1) is 5.92 Å². The Labute approximate surface area is 96.1 Å². The van der Waals surface area contributed by atoms with Crippen molar-refractivity contribution in [2.24, 2.45) is 11.7 Å². The molecule has 90 valence electrons. The van der Waals surface area contributed by atoms with E-state index in [9.17, 15) is 0 Å². The van der Waals surface area contributed by atoms with Gasteiger partial charge >= 0.3 is 0 Å².